The molecule has 4 aliphatic rings. The summed E-state index contributed by atoms with van der Waals surface area (Å²) in [5.74, 6) is 4.67. The fraction of sp³-hybridized carbons (Fsp3) is 0.514. The minimum Gasteiger partial charge on any atom is -0.490 e. The smallest absolute Gasteiger partial charge is 0.262 e. The maximum Gasteiger partial charge on any atom is 0.262 e. The van der Waals surface area contributed by atoms with Crippen molar-refractivity contribution >= 4 is 38.8 Å². The molecular weight excluding hydrogens is 604 g/mol. The Morgan fingerprint density at radius 3 is 2.80 bits per heavy atom. The second-order valence-corrected chi connectivity index (χ2v) is 16.9. The maximum atomic E-state index is 13.8. The van der Waals surface area contributed by atoms with Gasteiger partial charge in [0.25, 0.3) is 5.91 Å². The number of benzene rings is 2. The van der Waals surface area contributed by atoms with Gasteiger partial charge in [0, 0.05) is 34.3 Å². The van der Waals surface area contributed by atoms with Crippen LogP contribution in [0, 0.1) is 17.8 Å². The van der Waals surface area contributed by atoms with Crippen LogP contribution < -0.4 is 14.4 Å². The number of carbonyl (C=O) groups excluding carboxylic acids is 1. The number of rotatable bonds is 3. The third-order valence-electron chi connectivity index (χ3n) is 11.1. The first-order valence-corrected chi connectivity index (χ1v) is 18.6. The first kappa shape index (κ1) is 32.2. The fourth-order valence-electron chi connectivity index (χ4n) is 8.07. The first-order valence-electron chi connectivity index (χ1n) is 16.4. The Morgan fingerprint density at radius 2 is 2.04 bits per heavy atom. The summed E-state index contributed by atoms with van der Waals surface area (Å²) in [6.07, 6.45) is 12.9. The highest BCUT2D eigenvalue weighted by molar-refractivity contribution is 7.99. The van der Waals surface area contributed by atoms with E-state index in [2.05, 4.69) is 34.2 Å². The lowest BCUT2D eigenvalue weighted by molar-refractivity contribution is -0.0499. The molecule has 0 aromatic heterocycles. The number of halogens is 1. The summed E-state index contributed by atoms with van der Waals surface area (Å²) in [6, 6.07) is 11.8. The van der Waals surface area contributed by atoms with Gasteiger partial charge in [-0.2, -0.15) is 0 Å². The van der Waals surface area contributed by atoms with Crippen molar-refractivity contribution in [2.75, 3.05) is 24.6 Å². The zero-order valence-corrected chi connectivity index (χ0v) is 28.2. The van der Waals surface area contributed by atoms with E-state index in [9.17, 15) is 14.1 Å². The Hall–Kier alpha value is -2.74. The topological polar surface area (TPSA) is 78.9 Å². The van der Waals surface area contributed by atoms with Crippen LogP contribution in [0.2, 0.25) is 5.02 Å². The van der Waals surface area contributed by atoms with Gasteiger partial charge in [0.05, 0.1) is 27.6 Å². The molecule has 2 aromatic rings. The van der Waals surface area contributed by atoms with Crippen molar-refractivity contribution in [2.45, 2.75) is 81.5 Å². The molecule has 2 aliphatic heterocycles. The van der Waals surface area contributed by atoms with Gasteiger partial charge >= 0.3 is 0 Å². The average molecular weight is 651 g/mol. The molecular formula is C37H47ClN2O4S. The van der Waals surface area contributed by atoms with Gasteiger partial charge in [0.15, 0.2) is 0 Å². The molecule has 2 bridgehead atoms. The molecule has 0 saturated heterocycles. The van der Waals surface area contributed by atoms with E-state index in [1.165, 1.54) is 11.1 Å². The predicted octanol–water partition coefficient (Wildman–Crippen LogP) is 6.88. The molecule has 1 amide bonds. The molecule has 6 rings (SSSR count). The number of nitrogens with zero attached hydrogens (tertiary/aromatic N) is 1. The molecule has 1 saturated carbocycles. The van der Waals surface area contributed by atoms with Crippen LogP contribution in [-0.2, 0) is 21.5 Å². The lowest BCUT2D eigenvalue weighted by Gasteiger charge is -2.49. The van der Waals surface area contributed by atoms with Gasteiger partial charge in [-0.1, -0.05) is 42.8 Å². The maximum absolute atomic E-state index is 13.8. The van der Waals surface area contributed by atoms with Crippen molar-refractivity contribution < 1.29 is 18.8 Å². The second kappa shape index (κ2) is 12.5. The number of hydrogen-bond donors (Lipinski definition) is 2. The fourth-order valence-corrected chi connectivity index (χ4v) is 9.75. The van der Waals surface area contributed by atoms with Crippen LogP contribution >= 0.6 is 11.6 Å². The summed E-state index contributed by atoms with van der Waals surface area (Å²) in [4.78, 5) is 16.0. The van der Waals surface area contributed by atoms with Gasteiger partial charge < -0.3 is 14.7 Å². The Balaban J connectivity index is 1.45. The molecule has 1 unspecified atom stereocenters. The van der Waals surface area contributed by atoms with Crippen molar-refractivity contribution in [3.8, 4) is 5.75 Å². The lowest BCUT2D eigenvalue weighted by Crippen LogP contribution is -2.52. The Kier molecular flexibility index (Phi) is 8.92. The van der Waals surface area contributed by atoms with E-state index in [4.69, 9.17) is 16.3 Å². The van der Waals surface area contributed by atoms with Gasteiger partial charge in [0.1, 0.15) is 5.75 Å². The van der Waals surface area contributed by atoms with Crippen molar-refractivity contribution in [2.24, 2.45) is 17.8 Å². The first-order chi connectivity index (χ1) is 21.4. The number of allylic oxidation sites excluding steroid dienone is 2. The summed E-state index contributed by atoms with van der Waals surface area (Å²) < 4.78 is 23.2. The van der Waals surface area contributed by atoms with Gasteiger partial charge in [0.2, 0.25) is 0 Å². The van der Waals surface area contributed by atoms with Crippen molar-refractivity contribution in [3.63, 3.8) is 0 Å². The number of fused-ring (bicyclic) bond motifs is 4. The number of nitrogens with one attached hydrogen (secondary N) is 1. The largest absolute Gasteiger partial charge is 0.490 e. The van der Waals surface area contributed by atoms with Crippen LogP contribution in [-0.4, -0.2) is 51.6 Å². The number of anilines is 1. The molecule has 0 radical (unpaired) electrons. The van der Waals surface area contributed by atoms with Gasteiger partial charge in [-0.25, -0.2) is 4.21 Å². The van der Waals surface area contributed by atoms with Crippen LogP contribution in [0.3, 0.4) is 0 Å². The van der Waals surface area contributed by atoms with Crippen molar-refractivity contribution in [1.82, 2.24) is 4.72 Å². The van der Waals surface area contributed by atoms with E-state index >= 15 is 0 Å². The summed E-state index contributed by atoms with van der Waals surface area (Å²) in [5, 5.41) is 12.6. The van der Waals surface area contributed by atoms with E-state index in [0.29, 0.717) is 25.0 Å². The van der Waals surface area contributed by atoms with E-state index < -0.39 is 21.2 Å². The third kappa shape index (κ3) is 6.20. The van der Waals surface area contributed by atoms with Crippen LogP contribution in [0.5, 0.6) is 5.75 Å². The molecule has 1 fully saturated rings. The highest BCUT2D eigenvalue weighted by Gasteiger charge is 2.47. The van der Waals surface area contributed by atoms with Gasteiger partial charge in [-0.05, 0) is 123 Å². The Morgan fingerprint density at radius 1 is 1.22 bits per heavy atom. The van der Waals surface area contributed by atoms with Crippen molar-refractivity contribution in [1.29, 1.82) is 0 Å². The zero-order chi connectivity index (χ0) is 32.0. The Labute approximate surface area is 274 Å². The summed E-state index contributed by atoms with van der Waals surface area (Å²) >= 11 is 6.44. The summed E-state index contributed by atoms with van der Waals surface area (Å²) in [5.41, 5.74) is 2.65. The predicted molar refractivity (Wildman–Crippen MR) is 186 cm³/mol. The molecule has 2 aliphatic carbocycles. The molecule has 45 heavy (non-hydrogen) atoms. The number of carbonyl (C=O) groups is 1. The third-order valence-corrected chi connectivity index (χ3v) is 13.6. The number of amides is 1. The summed E-state index contributed by atoms with van der Waals surface area (Å²) in [7, 11) is -2.95. The molecule has 1 spiro atoms. The second-order valence-electron chi connectivity index (χ2n) is 14.0. The average Bonchev–Trinajstić information content (AvgIpc) is 3.14. The number of aliphatic hydroxyl groups is 1. The molecule has 2 aromatic carbocycles. The normalized spacial score (nSPS) is 35.6. The van der Waals surface area contributed by atoms with E-state index in [-0.39, 0.29) is 28.4 Å². The molecule has 7 atom stereocenters. The Bertz CT molecular complexity index is 1610. The lowest BCUT2D eigenvalue weighted by atomic mass is 9.63. The van der Waals surface area contributed by atoms with Crippen LogP contribution in [0.4, 0.5) is 5.69 Å². The van der Waals surface area contributed by atoms with Gasteiger partial charge in [-0.15, -0.1) is 6.58 Å². The molecule has 6 nitrogen and oxygen atoms in total. The van der Waals surface area contributed by atoms with E-state index in [0.717, 1.165) is 68.1 Å². The van der Waals surface area contributed by atoms with E-state index in [1.807, 2.05) is 50.3 Å². The molecule has 242 valence electrons. The number of aryl methyl sites for hydroxylation is 1. The standard InChI is InChI=1S/C37H47ClN2O4S/c1-5-6-18-37(42)19-7-9-25(2)26(3)45(4,43)39-35(41)28-12-16-34-33(21-28)40(22-29-11-14-32(29)37)23-36(24-44-34)17-8-10-27-20-30(38)13-15-31(27)36/h5,7,12-13,15-16,19-21,25-26,29,32,42H,1,4,6,8-11,14,17-18,22-24H2,2-3H3,(H,39,41,43)/b19-7+/t25-,26+,29-,32+,36-,37-,45?/m0/s1. The van der Waals surface area contributed by atoms with Crippen LogP contribution in [0.15, 0.2) is 61.2 Å². The highest BCUT2D eigenvalue weighted by Crippen LogP contribution is 2.49. The number of ether oxygens (including phenoxy) is 1. The van der Waals surface area contributed by atoms with Crippen molar-refractivity contribution in [3.05, 3.63) is 82.9 Å². The molecule has 8 heteroatoms. The van der Waals surface area contributed by atoms with E-state index in [1.54, 1.807) is 6.07 Å². The number of hydrogen-bond acceptors (Lipinski definition) is 5. The minimum atomic E-state index is -2.95. The monoisotopic (exact) mass is 650 g/mol. The highest BCUT2D eigenvalue weighted by atomic mass is 35.5. The molecule has 2 heterocycles. The van der Waals surface area contributed by atoms with Crippen LogP contribution in [0.25, 0.3) is 0 Å². The molecule has 2 N–H and O–H groups in total. The zero-order valence-electron chi connectivity index (χ0n) is 26.6. The van der Waals surface area contributed by atoms with Gasteiger partial charge in [-0.3, -0.25) is 9.52 Å². The minimum absolute atomic E-state index is 0.0133. The SMILES string of the molecule is C=CCC[C@]1(O)/C=C/C[C@H](C)[C@@H](C)S(=C)(=O)NC(=O)c2ccc3c(c2)N(C[C@@H]2CC[C@H]21)C[C@@]1(CCCc2cc(Cl)ccc21)CO3. The quantitative estimate of drug-likeness (QED) is 0.280. The van der Waals surface area contributed by atoms with Crippen LogP contribution in [0.1, 0.15) is 80.3 Å². The summed E-state index contributed by atoms with van der Waals surface area (Å²) in [6.45, 7) is 9.82.